The molecule has 23 heavy (non-hydrogen) atoms. The van der Waals surface area contributed by atoms with Gasteiger partial charge in [-0.25, -0.2) is 0 Å². The summed E-state index contributed by atoms with van der Waals surface area (Å²) in [5.41, 5.74) is 0.998. The Morgan fingerprint density at radius 3 is 2.78 bits per heavy atom. The van der Waals surface area contributed by atoms with Gasteiger partial charge in [-0.3, -0.25) is 9.59 Å². The number of rotatable bonds is 6. The van der Waals surface area contributed by atoms with E-state index < -0.39 is 0 Å². The fourth-order valence-electron chi connectivity index (χ4n) is 2.60. The minimum absolute atomic E-state index is 0.0195. The smallest absolute Gasteiger partial charge is 0.225 e. The zero-order chi connectivity index (χ0) is 16.8. The maximum atomic E-state index is 12.1. The molecule has 1 aliphatic rings. The molecule has 1 aromatic rings. The number of carbonyl (C=O) groups is 2. The van der Waals surface area contributed by atoms with E-state index in [0.717, 1.165) is 11.3 Å². The SMILES string of the molecule is COc1ccc(CN2C[C@H](C(=O)N[C@@H](C)CC#N)CC2=O)cc1. The molecule has 6 nitrogen and oxygen atoms in total. The molecule has 6 heteroatoms. The first-order valence-electron chi connectivity index (χ1n) is 7.61. The van der Waals surface area contributed by atoms with Crippen molar-refractivity contribution >= 4 is 11.8 Å². The molecule has 1 heterocycles. The van der Waals surface area contributed by atoms with Crippen LogP contribution in [0.5, 0.6) is 5.75 Å². The van der Waals surface area contributed by atoms with E-state index in [0.29, 0.717) is 13.1 Å². The highest BCUT2D eigenvalue weighted by atomic mass is 16.5. The first-order valence-corrected chi connectivity index (χ1v) is 7.61. The van der Waals surface area contributed by atoms with E-state index in [1.54, 1.807) is 18.9 Å². The molecular formula is C17H21N3O3. The van der Waals surface area contributed by atoms with E-state index in [9.17, 15) is 9.59 Å². The second-order valence-corrected chi connectivity index (χ2v) is 5.80. The number of methoxy groups -OCH3 is 1. The lowest BCUT2D eigenvalue weighted by Gasteiger charge is -2.18. The van der Waals surface area contributed by atoms with Crippen molar-refractivity contribution in [2.24, 2.45) is 5.92 Å². The molecule has 0 bridgehead atoms. The van der Waals surface area contributed by atoms with Crippen LogP contribution in [0.25, 0.3) is 0 Å². The lowest BCUT2D eigenvalue weighted by molar-refractivity contribution is -0.129. The van der Waals surface area contributed by atoms with Gasteiger partial charge in [0.15, 0.2) is 0 Å². The molecule has 0 unspecified atom stereocenters. The van der Waals surface area contributed by atoms with Gasteiger partial charge in [-0.1, -0.05) is 12.1 Å². The number of hydrogen-bond acceptors (Lipinski definition) is 4. The van der Waals surface area contributed by atoms with Crippen LogP contribution >= 0.6 is 0 Å². The van der Waals surface area contributed by atoms with Gasteiger partial charge in [0.2, 0.25) is 11.8 Å². The zero-order valence-corrected chi connectivity index (χ0v) is 13.4. The lowest BCUT2D eigenvalue weighted by Crippen LogP contribution is -2.38. The van der Waals surface area contributed by atoms with E-state index in [1.165, 1.54) is 0 Å². The number of ether oxygens (including phenoxy) is 1. The van der Waals surface area contributed by atoms with Crippen LogP contribution in [0, 0.1) is 17.2 Å². The average Bonchev–Trinajstić information content (AvgIpc) is 2.89. The molecule has 2 rings (SSSR count). The number of benzene rings is 1. The molecule has 2 atom stereocenters. The third-order valence-corrected chi connectivity index (χ3v) is 3.90. The van der Waals surface area contributed by atoms with Crippen LogP contribution in [0.15, 0.2) is 24.3 Å². The number of amides is 2. The van der Waals surface area contributed by atoms with Gasteiger partial charge in [0.25, 0.3) is 0 Å². The first-order chi connectivity index (χ1) is 11.0. The van der Waals surface area contributed by atoms with Crippen molar-refractivity contribution in [2.75, 3.05) is 13.7 Å². The maximum Gasteiger partial charge on any atom is 0.225 e. The monoisotopic (exact) mass is 315 g/mol. The minimum Gasteiger partial charge on any atom is -0.497 e. The summed E-state index contributed by atoms with van der Waals surface area (Å²) in [5.74, 6) is 0.249. The summed E-state index contributed by atoms with van der Waals surface area (Å²) < 4.78 is 5.11. The van der Waals surface area contributed by atoms with Gasteiger partial charge in [0.05, 0.1) is 25.5 Å². The van der Waals surface area contributed by atoms with E-state index in [-0.39, 0.29) is 36.6 Å². The molecule has 0 aromatic heterocycles. The molecule has 0 radical (unpaired) electrons. The minimum atomic E-state index is -0.345. The van der Waals surface area contributed by atoms with Crippen LogP contribution < -0.4 is 10.1 Å². The summed E-state index contributed by atoms with van der Waals surface area (Å²) >= 11 is 0. The predicted molar refractivity (Wildman–Crippen MR) is 84.4 cm³/mol. The van der Waals surface area contributed by atoms with Crippen molar-refractivity contribution in [1.82, 2.24) is 10.2 Å². The molecule has 1 saturated heterocycles. The predicted octanol–water partition coefficient (Wildman–Crippen LogP) is 1.46. The Balaban J connectivity index is 1.91. The fourth-order valence-corrected chi connectivity index (χ4v) is 2.60. The van der Waals surface area contributed by atoms with Gasteiger partial charge < -0.3 is 15.0 Å². The van der Waals surface area contributed by atoms with E-state index >= 15 is 0 Å². The Morgan fingerprint density at radius 1 is 1.48 bits per heavy atom. The van der Waals surface area contributed by atoms with Gasteiger partial charge in [-0.2, -0.15) is 5.26 Å². The average molecular weight is 315 g/mol. The Morgan fingerprint density at radius 2 is 2.17 bits per heavy atom. The zero-order valence-electron chi connectivity index (χ0n) is 13.4. The van der Waals surface area contributed by atoms with Crippen LogP contribution in [-0.2, 0) is 16.1 Å². The third kappa shape index (κ3) is 4.46. The number of hydrogen-bond donors (Lipinski definition) is 1. The normalized spacial score (nSPS) is 18.4. The molecule has 122 valence electrons. The van der Waals surface area contributed by atoms with Crippen molar-refractivity contribution in [3.63, 3.8) is 0 Å². The second-order valence-electron chi connectivity index (χ2n) is 5.80. The standard InChI is InChI=1S/C17H21N3O3/c1-12(7-8-18)19-17(22)14-9-16(21)20(11-14)10-13-3-5-15(23-2)6-4-13/h3-6,12,14H,7,9-11H2,1-2H3,(H,19,22)/t12-,14+/m0/s1. The van der Waals surface area contributed by atoms with Crippen LogP contribution in [0.3, 0.4) is 0 Å². The van der Waals surface area contributed by atoms with Gasteiger partial charge >= 0.3 is 0 Å². The van der Waals surface area contributed by atoms with Crippen LogP contribution in [0.4, 0.5) is 0 Å². The summed E-state index contributed by atoms with van der Waals surface area (Å²) in [6.07, 6.45) is 0.489. The molecule has 1 aliphatic heterocycles. The molecule has 0 spiro atoms. The number of likely N-dealkylation sites (tertiary alicyclic amines) is 1. The van der Waals surface area contributed by atoms with Gasteiger partial charge in [0.1, 0.15) is 5.75 Å². The largest absolute Gasteiger partial charge is 0.497 e. The van der Waals surface area contributed by atoms with Crippen LogP contribution in [0.2, 0.25) is 0 Å². The van der Waals surface area contributed by atoms with E-state index in [4.69, 9.17) is 10.00 Å². The summed E-state index contributed by atoms with van der Waals surface area (Å²) in [5, 5.41) is 11.4. The van der Waals surface area contributed by atoms with Gasteiger partial charge in [-0.05, 0) is 24.6 Å². The number of nitrogens with zero attached hydrogens (tertiary/aromatic N) is 2. The number of nitriles is 1. The molecule has 2 amide bonds. The van der Waals surface area contributed by atoms with Crippen molar-refractivity contribution in [1.29, 1.82) is 5.26 Å². The third-order valence-electron chi connectivity index (χ3n) is 3.90. The molecule has 0 saturated carbocycles. The number of carbonyl (C=O) groups excluding carboxylic acids is 2. The fraction of sp³-hybridized carbons (Fsp3) is 0.471. The molecule has 1 aromatic carbocycles. The highest BCUT2D eigenvalue weighted by Gasteiger charge is 2.34. The van der Waals surface area contributed by atoms with Crippen molar-refractivity contribution in [3.8, 4) is 11.8 Å². The Kier molecular flexibility index (Phi) is 5.58. The number of nitrogens with one attached hydrogen (secondary N) is 1. The molecule has 1 fully saturated rings. The van der Waals surface area contributed by atoms with E-state index in [2.05, 4.69) is 5.32 Å². The Bertz CT molecular complexity index is 607. The lowest BCUT2D eigenvalue weighted by atomic mass is 10.1. The summed E-state index contributed by atoms with van der Waals surface area (Å²) in [4.78, 5) is 25.9. The van der Waals surface area contributed by atoms with Crippen molar-refractivity contribution in [2.45, 2.75) is 32.4 Å². The van der Waals surface area contributed by atoms with Crippen molar-refractivity contribution in [3.05, 3.63) is 29.8 Å². The highest BCUT2D eigenvalue weighted by molar-refractivity contribution is 5.89. The molecule has 1 N–H and O–H groups in total. The maximum absolute atomic E-state index is 12.1. The van der Waals surface area contributed by atoms with Gasteiger partial charge in [0, 0.05) is 25.6 Å². The van der Waals surface area contributed by atoms with Crippen molar-refractivity contribution < 1.29 is 14.3 Å². The van der Waals surface area contributed by atoms with Gasteiger partial charge in [-0.15, -0.1) is 0 Å². The Hall–Kier alpha value is -2.55. The topological polar surface area (TPSA) is 82.4 Å². The van der Waals surface area contributed by atoms with Crippen LogP contribution in [0.1, 0.15) is 25.3 Å². The quantitative estimate of drug-likeness (QED) is 0.861. The van der Waals surface area contributed by atoms with E-state index in [1.807, 2.05) is 30.3 Å². The molecule has 0 aliphatic carbocycles. The summed E-state index contributed by atoms with van der Waals surface area (Å²) in [6, 6.07) is 9.35. The Labute approximate surface area is 136 Å². The first kappa shape index (κ1) is 16.8. The second kappa shape index (κ2) is 7.63. The highest BCUT2D eigenvalue weighted by Crippen LogP contribution is 2.21. The summed E-state index contributed by atoms with van der Waals surface area (Å²) in [6.45, 7) is 2.68. The van der Waals surface area contributed by atoms with Crippen LogP contribution in [-0.4, -0.2) is 36.4 Å². The summed E-state index contributed by atoms with van der Waals surface area (Å²) in [7, 11) is 1.61. The molecular weight excluding hydrogens is 294 g/mol.